The van der Waals surface area contributed by atoms with Crippen LogP contribution in [0.15, 0.2) is 83.5 Å². The lowest BCUT2D eigenvalue weighted by Crippen LogP contribution is -2.32. The summed E-state index contributed by atoms with van der Waals surface area (Å²) in [6.07, 6.45) is 0. The van der Waals surface area contributed by atoms with Crippen molar-refractivity contribution in [3.8, 4) is 11.5 Å². The molecular weight excluding hydrogens is 480 g/mol. The average molecular weight is 505 g/mol. The van der Waals surface area contributed by atoms with E-state index in [1.807, 2.05) is 39.0 Å². The van der Waals surface area contributed by atoms with Gasteiger partial charge in [0, 0.05) is 11.3 Å². The first-order valence-corrected chi connectivity index (χ1v) is 11.6. The van der Waals surface area contributed by atoms with Crippen LogP contribution in [0.4, 0.5) is 11.4 Å². The summed E-state index contributed by atoms with van der Waals surface area (Å²) in [4.78, 5) is 39.4. The van der Waals surface area contributed by atoms with Crippen molar-refractivity contribution in [2.75, 3.05) is 17.3 Å². The summed E-state index contributed by atoms with van der Waals surface area (Å²) in [6, 6.07) is 20.3. The van der Waals surface area contributed by atoms with Crippen molar-refractivity contribution in [2.45, 2.75) is 26.2 Å². The molecule has 1 N–H and O–H groups in total. The van der Waals surface area contributed by atoms with E-state index in [2.05, 4.69) is 5.32 Å². The zero-order valence-electron chi connectivity index (χ0n) is 20.3. The van der Waals surface area contributed by atoms with Crippen LogP contribution in [0, 0.1) is 0 Å². The first kappa shape index (κ1) is 25.0. The summed E-state index contributed by atoms with van der Waals surface area (Å²) in [5, 5.41) is 2.67. The minimum Gasteiger partial charge on any atom is -0.497 e. The van der Waals surface area contributed by atoms with Crippen molar-refractivity contribution in [3.63, 3.8) is 0 Å². The largest absolute Gasteiger partial charge is 0.497 e. The SMILES string of the molecule is COc1ccc(N2C(=O)C(Cl)=C(Nc3ccc(C(=O)Oc4ccccc4C(C)(C)C)cc3)C2=O)cc1. The molecule has 1 aliphatic heterocycles. The molecule has 4 rings (SSSR count). The molecule has 0 aliphatic carbocycles. The third kappa shape index (κ3) is 4.97. The Morgan fingerprint density at radius 3 is 2.14 bits per heavy atom. The van der Waals surface area contributed by atoms with Crippen LogP contribution in [0.2, 0.25) is 0 Å². The number of esters is 1. The minimum absolute atomic E-state index is 0.0492. The smallest absolute Gasteiger partial charge is 0.343 e. The van der Waals surface area contributed by atoms with E-state index in [9.17, 15) is 14.4 Å². The van der Waals surface area contributed by atoms with Crippen molar-refractivity contribution in [1.29, 1.82) is 0 Å². The highest BCUT2D eigenvalue weighted by Gasteiger charge is 2.39. The number of imide groups is 1. The lowest BCUT2D eigenvalue weighted by Gasteiger charge is -2.22. The van der Waals surface area contributed by atoms with Gasteiger partial charge in [0.15, 0.2) is 0 Å². The van der Waals surface area contributed by atoms with E-state index in [-0.39, 0.29) is 16.1 Å². The number of hydrogen-bond donors (Lipinski definition) is 1. The van der Waals surface area contributed by atoms with E-state index in [0.717, 1.165) is 10.5 Å². The number of para-hydroxylation sites is 1. The standard InChI is InChI=1S/C28H25ClN2O5/c1-28(2,3)21-7-5-6-8-22(21)36-27(34)17-9-11-18(12-10-17)30-24-23(29)25(32)31(26(24)33)19-13-15-20(35-4)16-14-19/h5-16,30H,1-4H3. The van der Waals surface area contributed by atoms with Crippen LogP contribution in [0.1, 0.15) is 36.7 Å². The summed E-state index contributed by atoms with van der Waals surface area (Å²) >= 11 is 6.21. The van der Waals surface area contributed by atoms with Gasteiger partial charge in [-0.1, -0.05) is 50.6 Å². The van der Waals surface area contributed by atoms with Crippen LogP contribution in [0.5, 0.6) is 11.5 Å². The van der Waals surface area contributed by atoms with Gasteiger partial charge in [0.05, 0.1) is 18.4 Å². The number of hydrogen-bond acceptors (Lipinski definition) is 6. The highest BCUT2D eigenvalue weighted by Crippen LogP contribution is 2.33. The van der Waals surface area contributed by atoms with Crippen molar-refractivity contribution in [3.05, 3.63) is 94.7 Å². The van der Waals surface area contributed by atoms with Gasteiger partial charge in [0.1, 0.15) is 22.2 Å². The topological polar surface area (TPSA) is 84.9 Å². The van der Waals surface area contributed by atoms with Gasteiger partial charge in [-0.2, -0.15) is 0 Å². The molecule has 3 aromatic carbocycles. The number of amides is 2. The normalized spacial score (nSPS) is 13.8. The lowest BCUT2D eigenvalue weighted by atomic mass is 9.86. The molecule has 0 bridgehead atoms. The zero-order chi connectivity index (χ0) is 26.0. The van der Waals surface area contributed by atoms with E-state index < -0.39 is 17.8 Å². The number of nitrogens with zero attached hydrogens (tertiary/aromatic N) is 1. The Kier molecular flexibility index (Phi) is 6.86. The van der Waals surface area contributed by atoms with Crippen molar-refractivity contribution in [2.24, 2.45) is 0 Å². The molecule has 0 spiro atoms. The van der Waals surface area contributed by atoms with Gasteiger partial charge in [0.2, 0.25) is 0 Å². The second-order valence-electron chi connectivity index (χ2n) is 9.17. The molecule has 184 valence electrons. The molecule has 36 heavy (non-hydrogen) atoms. The molecular formula is C28H25ClN2O5. The van der Waals surface area contributed by atoms with Gasteiger partial charge in [-0.25, -0.2) is 9.69 Å². The summed E-state index contributed by atoms with van der Waals surface area (Å²) in [7, 11) is 1.53. The fourth-order valence-electron chi connectivity index (χ4n) is 3.75. The number of methoxy groups -OCH3 is 1. The fraction of sp³-hybridized carbons (Fsp3) is 0.179. The summed E-state index contributed by atoms with van der Waals surface area (Å²) in [6.45, 7) is 6.14. The highest BCUT2D eigenvalue weighted by atomic mass is 35.5. The zero-order valence-corrected chi connectivity index (χ0v) is 21.1. The van der Waals surface area contributed by atoms with E-state index in [0.29, 0.717) is 28.4 Å². The van der Waals surface area contributed by atoms with Gasteiger partial charge in [-0.05, 0) is 60.0 Å². The van der Waals surface area contributed by atoms with Crippen LogP contribution in [-0.4, -0.2) is 24.9 Å². The summed E-state index contributed by atoms with van der Waals surface area (Å²) in [5.41, 5.74) is 1.86. The molecule has 2 amide bonds. The lowest BCUT2D eigenvalue weighted by molar-refractivity contribution is -0.120. The average Bonchev–Trinajstić information content (AvgIpc) is 3.07. The third-order valence-electron chi connectivity index (χ3n) is 5.65. The molecule has 0 unspecified atom stereocenters. The molecule has 3 aromatic rings. The van der Waals surface area contributed by atoms with Crippen LogP contribution < -0.4 is 19.7 Å². The monoisotopic (exact) mass is 504 g/mol. The maximum Gasteiger partial charge on any atom is 0.343 e. The second kappa shape index (κ2) is 9.87. The number of benzene rings is 3. The van der Waals surface area contributed by atoms with Gasteiger partial charge in [-0.3, -0.25) is 9.59 Å². The van der Waals surface area contributed by atoms with E-state index in [1.165, 1.54) is 7.11 Å². The van der Waals surface area contributed by atoms with Crippen LogP contribution in [0.25, 0.3) is 0 Å². The molecule has 7 nitrogen and oxygen atoms in total. The summed E-state index contributed by atoms with van der Waals surface area (Å²) in [5.74, 6) is -0.628. The number of carbonyl (C=O) groups is 3. The van der Waals surface area contributed by atoms with Crippen LogP contribution in [0.3, 0.4) is 0 Å². The Bertz CT molecular complexity index is 1360. The Hall–Kier alpha value is -4.10. The Labute approximate surface area is 214 Å². The van der Waals surface area contributed by atoms with E-state index in [4.69, 9.17) is 21.1 Å². The minimum atomic E-state index is -0.632. The molecule has 0 fully saturated rings. The Balaban J connectivity index is 1.48. The molecule has 8 heteroatoms. The number of rotatable bonds is 6. The molecule has 0 saturated heterocycles. The number of carbonyl (C=O) groups excluding carboxylic acids is 3. The van der Waals surface area contributed by atoms with E-state index in [1.54, 1.807) is 54.6 Å². The molecule has 0 radical (unpaired) electrons. The Morgan fingerprint density at radius 2 is 1.53 bits per heavy atom. The number of anilines is 2. The number of ether oxygens (including phenoxy) is 2. The maximum absolute atomic E-state index is 13.0. The number of nitrogens with one attached hydrogen (secondary N) is 1. The molecule has 0 atom stereocenters. The quantitative estimate of drug-likeness (QED) is 0.265. The van der Waals surface area contributed by atoms with Crippen LogP contribution >= 0.6 is 11.6 Å². The van der Waals surface area contributed by atoms with Crippen LogP contribution in [-0.2, 0) is 15.0 Å². The molecule has 0 aromatic heterocycles. The molecule has 1 aliphatic rings. The Morgan fingerprint density at radius 1 is 0.889 bits per heavy atom. The first-order valence-electron chi connectivity index (χ1n) is 11.2. The predicted molar refractivity (Wildman–Crippen MR) is 139 cm³/mol. The van der Waals surface area contributed by atoms with Gasteiger partial charge in [0.25, 0.3) is 11.8 Å². The molecule has 1 heterocycles. The molecule has 0 saturated carbocycles. The first-order chi connectivity index (χ1) is 17.1. The summed E-state index contributed by atoms with van der Waals surface area (Å²) < 4.78 is 10.8. The van der Waals surface area contributed by atoms with Gasteiger partial charge < -0.3 is 14.8 Å². The fourth-order valence-corrected chi connectivity index (χ4v) is 3.96. The van der Waals surface area contributed by atoms with Gasteiger partial charge in [-0.15, -0.1) is 0 Å². The van der Waals surface area contributed by atoms with Crippen molar-refractivity contribution < 1.29 is 23.9 Å². The second-order valence-corrected chi connectivity index (χ2v) is 9.55. The third-order valence-corrected chi connectivity index (χ3v) is 6.00. The highest BCUT2D eigenvalue weighted by molar-refractivity contribution is 6.53. The number of halogens is 1. The van der Waals surface area contributed by atoms with Gasteiger partial charge >= 0.3 is 5.97 Å². The van der Waals surface area contributed by atoms with E-state index >= 15 is 0 Å². The van der Waals surface area contributed by atoms with Crippen molar-refractivity contribution in [1.82, 2.24) is 0 Å². The maximum atomic E-state index is 13.0. The predicted octanol–water partition coefficient (Wildman–Crippen LogP) is 5.65. The van der Waals surface area contributed by atoms with Crippen molar-refractivity contribution >= 4 is 40.8 Å².